The Kier molecular flexibility index (Phi) is 6.79. The highest BCUT2D eigenvalue weighted by Crippen LogP contribution is 2.61. The summed E-state index contributed by atoms with van der Waals surface area (Å²) in [5, 5.41) is 26.2. The van der Waals surface area contributed by atoms with Crippen LogP contribution in [0.2, 0.25) is 0 Å². The topological polar surface area (TPSA) is 106 Å². The van der Waals surface area contributed by atoms with E-state index in [0.717, 1.165) is 44.8 Å². The number of rotatable bonds is 8. The molecule has 4 aliphatic carbocycles. The van der Waals surface area contributed by atoms with Crippen LogP contribution in [-0.4, -0.2) is 58.1 Å². The number of nitriles is 1. The third-order valence-electron chi connectivity index (χ3n) is 9.14. The van der Waals surface area contributed by atoms with Crippen molar-refractivity contribution in [2.24, 2.45) is 23.2 Å². The summed E-state index contributed by atoms with van der Waals surface area (Å²) < 4.78 is 42.4. The molecule has 1 aromatic carbocycles. The Hall–Kier alpha value is -3.10. The van der Waals surface area contributed by atoms with Gasteiger partial charge in [0, 0.05) is 37.8 Å². The van der Waals surface area contributed by atoms with Gasteiger partial charge in [0.25, 0.3) is 0 Å². The summed E-state index contributed by atoms with van der Waals surface area (Å²) in [7, 11) is 0. The Morgan fingerprint density at radius 2 is 1.92 bits per heavy atom. The SMILES string of the molecule is N#Cc1cnc(NCc2ccccc2OC(F)(F)F)nc1NC[C@@]12CC3C[C@H](C1)[C@@H](N1CCC(O)C1)[C@@H](C3)C2. The van der Waals surface area contributed by atoms with Crippen LogP contribution in [0.5, 0.6) is 5.75 Å². The van der Waals surface area contributed by atoms with E-state index in [9.17, 15) is 23.5 Å². The fraction of sp³-hybridized carbons (Fsp3) is 0.607. The summed E-state index contributed by atoms with van der Waals surface area (Å²) in [6.07, 6.45) is 3.30. The number of para-hydroxylation sites is 1. The van der Waals surface area contributed by atoms with Crippen molar-refractivity contribution in [3.63, 3.8) is 0 Å². The number of nitrogens with zero attached hydrogens (tertiary/aromatic N) is 4. The van der Waals surface area contributed by atoms with E-state index >= 15 is 0 Å². The molecule has 1 saturated heterocycles. The Bertz CT molecular complexity index is 1230. The third-order valence-corrected chi connectivity index (χ3v) is 9.14. The zero-order valence-corrected chi connectivity index (χ0v) is 21.6. The Morgan fingerprint density at radius 3 is 2.62 bits per heavy atom. The van der Waals surface area contributed by atoms with Crippen LogP contribution < -0.4 is 15.4 Å². The normalized spacial score (nSPS) is 31.7. The number of nitrogens with one attached hydrogen (secondary N) is 2. The Balaban J connectivity index is 1.13. The number of benzene rings is 1. The van der Waals surface area contributed by atoms with Crippen LogP contribution in [0.15, 0.2) is 30.5 Å². The molecular weight excluding hydrogens is 509 g/mol. The first-order valence-electron chi connectivity index (χ1n) is 13.7. The summed E-state index contributed by atoms with van der Waals surface area (Å²) in [5.41, 5.74) is 0.797. The first-order chi connectivity index (χ1) is 18.7. The molecule has 5 aliphatic rings. The number of aliphatic hydroxyl groups excluding tert-OH is 1. The molecule has 1 aromatic heterocycles. The fourth-order valence-corrected chi connectivity index (χ4v) is 8.02. The van der Waals surface area contributed by atoms with Crippen molar-refractivity contribution in [3.05, 3.63) is 41.6 Å². The molecule has 3 N–H and O–H groups in total. The Labute approximate surface area is 225 Å². The zero-order chi connectivity index (χ0) is 27.2. The van der Waals surface area contributed by atoms with Crippen LogP contribution in [0.3, 0.4) is 0 Å². The predicted octanol–water partition coefficient (Wildman–Crippen LogP) is 4.53. The molecule has 0 radical (unpaired) electrons. The molecule has 4 saturated carbocycles. The quantitative estimate of drug-likeness (QED) is 0.447. The van der Waals surface area contributed by atoms with E-state index in [0.29, 0.717) is 34.8 Å². The number of β-amino-alcohol motifs (C(OH)–C–C–N with tert-alkyl or cyclic N) is 1. The van der Waals surface area contributed by atoms with Crippen LogP contribution in [0.25, 0.3) is 0 Å². The van der Waals surface area contributed by atoms with Crippen molar-refractivity contribution < 1.29 is 23.0 Å². The summed E-state index contributed by atoms with van der Waals surface area (Å²) >= 11 is 0. The second-order valence-electron chi connectivity index (χ2n) is 11.8. The fourth-order valence-electron chi connectivity index (χ4n) is 8.02. The number of likely N-dealkylation sites (tertiary alicyclic amines) is 1. The van der Waals surface area contributed by atoms with E-state index in [1.54, 1.807) is 12.1 Å². The number of ether oxygens (including phenoxy) is 1. The van der Waals surface area contributed by atoms with E-state index in [-0.39, 0.29) is 29.8 Å². The van der Waals surface area contributed by atoms with Gasteiger partial charge in [-0.15, -0.1) is 13.2 Å². The highest BCUT2D eigenvalue weighted by atomic mass is 19.4. The molecule has 5 fully saturated rings. The number of aromatic nitrogens is 2. The third kappa shape index (κ3) is 5.50. The second kappa shape index (κ2) is 10.1. The van der Waals surface area contributed by atoms with Gasteiger partial charge in [0.05, 0.1) is 12.3 Å². The molecule has 1 aliphatic heterocycles. The van der Waals surface area contributed by atoms with Gasteiger partial charge in [-0.1, -0.05) is 18.2 Å². The van der Waals surface area contributed by atoms with Crippen molar-refractivity contribution in [1.82, 2.24) is 14.9 Å². The van der Waals surface area contributed by atoms with Crippen molar-refractivity contribution in [2.45, 2.75) is 63.6 Å². The van der Waals surface area contributed by atoms with Crippen molar-refractivity contribution in [3.8, 4) is 11.8 Å². The highest BCUT2D eigenvalue weighted by molar-refractivity contribution is 5.53. The number of anilines is 2. The average molecular weight is 543 g/mol. The molecule has 7 rings (SSSR count). The number of aliphatic hydroxyl groups is 1. The Morgan fingerprint density at radius 1 is 1.15 bits per heavy atom. The molecule has 6 atom stereocenters. The molecule has 11 heteroatoms. The molecule has 2 aromatic rings. The first-order valence-corrected chi connectivity index (χ1v) is 13.7. The monoisotopic (exact) mass is 542 g/mol. The van der Waals surface area contributed by atoms with Crippen LogP contribution in [0.4, 0.5) is 24.9 Å². The number of hydrogen-bond donors (Lipinski definition) is 3. The minimum atomic E-state index is -4.79. The van der Waals surface area contributed by atoms with Gasteiger partial charge < -0.3 is 20.5 Å². The van der Waals surface area contributed by atoms with Gasteiger partial charge in [0.15, 0.2) is 0 Å². The van der Waals surface area contributed by atoms with Crippen LogP contribution in [0, 0.1) is 34.5 Å². The molecule has 4 bridgehead atoms. The van der Waals surface area contributed by atoms with E-state index in [1.165, 1.54) is 37.6 Å². The lowest BCUT2D eigenvalue weighted by Crippen LogP contribution is -2.60. The molecule has 0 amide bonds. The predicted molar refractivity (Wildman–Crippen MR) is 138 cm³/mol. The molecule has 2 unspecified atom stereocenters. The maximum atomic E-state index is 12.8. The minimum Gasteiger partial charge on any atom is -0.405 e. The van der Waals surface area contributed by atoms with Crippen LogP contribution in [-0.2, 0) is 6.54 Å². The average Bonchev–Trinajstić information content (AvgIpc) is 3.31. The molecule has 0 spiro atoms. The second-order valence-corrected chi connectivity index (χ2v) is 11.8. The maximum absolute atomic E-state index is 12.8. The van der Waals surface area contributed by atoms with Gasteiger partial charge >= 0.3 is 6.36 Å². The lowest BCUT2D eigenvalue weighted by Gasteiger charge is -2.62. The van der Waals surface area contributed by atoms with E-state index in [1.807, 2.05) is 0 Å². The van der Waals surface area contributed by atoms with Crippen LogP contribution in [0.1, 0.15) is 49.7 Å². The summed E-state index contributed by atoms with van der Waals surface area (Å²) in [6, 6.07) is 8.63. The summed E-state index contributed by atoms with van der Waals surface area (Å²) in [4.78, 5) is 11.2. The molecule has 208 valence electrons. The summed E-state index contributed by atoms with van der Waals surface area (Å²) in [6.45, 7) is 2.53. The van der Waals surface area contributed by atoms with Gasteiger partial charge in [-0.2, -0.15) is 10.2 Å². The lowest BCUT2D eigenvalue weighted by atomic mass is 9.47. The first kappa shape index (κ1) is 26.1. The van der Waals surface area contributed by atoms with Gasteiger partial charge in [0.2, 0.25) is 5.95 Å². The molecule has 2 heterocycles. The van der Waals surface area contributed by atoms with Gasteiger partial charge in [0.1, 0.15) is 23.2 Å². The van der Waals surface area contributed by atoms with Gasteiger partial charge in [-0.3, -0.25) is 4.90 Å². The number of halogens is 3. The van der Waals surface area contributed by atoms with E-state index in [4.69, 9.17) is 0 Å². The smallest absolute Gasteiger partial charge is 0.405 e. The largest absolute Gasteiger partial charge is 0.573 e. The number of alkyl halides is 3. The van der Waals surface area contributed by atoms with Crippen LogP contribution >= 0.6 is 0 Å². The van der Waals surface area contributed by atoms with Crippen molar-refractivity contribution in [1.29, 1.82) is 5.26 Å². The molecule has 8 nitrogen and oxygen atoms in total. The van der Waals surface area contributed by atoms with Gasteiger partial charge in [-0.05, 0) is 67.8 Å². The van der Waals surface area contributed by atoms with Crippen molar-refractivity contribution in [2.75, 3.05) is 30.3 Å². The minimum absolute atomic E-state index is 0.0269. The maximum Gasteiger partial charge on any atom is 0.573 e. The molecule has 39 heavy (non-hydrogen) atoms. The lowest BCUT2D eigenvalue weighted by molar-refractivity contribution is -0.274. The standard InChI is InChI=1S/C28H33F3N6O2/c29-28(30,31)39-23-4-2-1-3-18(23)13-33-26-34-14-21(12-32)25(36-26)35-16-27-9-17-7-19(10-27)24(20(8-17)11-27)37-6-5-22(38)15-37/h1-4,14,17,19-20,22,24,38H,5-11,13,15-16H2,(H2,33,34,35,36)/t17?,19-,20+,22?,24-,27+. The van der Waals surface area contributed by atoms with E-state index in [2.05, 4.69) is 36.3 Å². The summed E-state index contributed by atoms with van der Waals surface area (Å²) in [5.74, 6) is 2.38. The highest BCUT2D eigenvalue weighted by Gasteiger charge is 2.56. The number of hydrogen-bond acceptors (Lipinski definition) is 8. The van der Waals surface area contributed by atoms with Crippen molar-refractivity contribution >= 4 is 11.8 Å². The van der Waals surface area contributed by atoms with Gasteiger partial charge in [-0.25, -0.2) is 4.98 Å². The zero-order valence-electron chi connectivity index (χ0n) is 21.6. The molecular formula is C28H33F3N6O2. The van der Waals surface area contributed by atoms with E-state index < -0.39 is 6.36 Å².